The first-order valence-electron chi connectivity index (χ1n) is 11.5. The number of hydrogen-bond donors (Lipinski definition) is 1. The molecule has 0 amide bonds. The Morgan fingerprint density at radius 1 is 1.08 bits per heavy atom. The third-order valence-electron chi connectivity index (χ3n) is 6.11. The number of benzene rings is 2. The van der Waals surface area contributed by atoms with E-state index in [1.54, 1.807) is 19.1 Å². The van der Waals surface area contributed by atoms with Gasteiger partial charge < -0.3 is 5.11 Å². The smallest absolute Gasteiger partial charge is 0.368 e. The van der Waals surface area contributed by atoms with Crippen LogP contribution in [-0.4, -0.2) is 39.7 Å². The molecule has 36 heavy (non-hydrogen) atoms. The average Bonchev–Trinajstić information content (AvgIpc) is 3.48. The SMILES string of the molecule is CC(C)n1nnn(-c2ccc(/C=C/C[C@H](C)[C@](O)(Cn3cncn3)c3ccc(F)cc3F)cc2)c1=O. The molecule has 0 saturated carbocycles. The van der Waals surface area contributed by atoms with Crippen molar-refractivity contribution in [1.82, 2.24) is 34.6 Å². The van der Waals surface area contributed by atoms with Gasteiger partial charge in [0.05, 0.1) is 18.3 Å². The molecule has 2 heterocycles. The van der Waals surface area contributed by atoms with Crippen molar-refractivity contribution in [2.75, 3.05) is 0 Å². The van der Waals surface area contributed by atoms with Crippen molar-refractivity contribution in [1.29, 1.82) is 0 Å². The Bertz CT molecular complexity index is 1390. The molecule has 11 heteroatoms. The number of halogens is 2. The monoisotopic (exact) mass is 495 g/mol. The Kier molecular flexibility index (Phi) is 7.20. The van der Waals surface area contributed by atoms with Gasteiger partial charge in [0, 0.05) is 11.6 Å². The lowest BCUT2D eigenvalue weighted by molar-refractivity contribution is -0.0379. The minimum Gasteiger partial charge on any atom is -0.383 e. The normalized spacial score (nSPS) is 14.4. The van der Waals surface area contributed by atoms with Gasteiger partial charge in [-0.05, 0) is 60.4 Å². The number of aromatic nitrogens is 7. The molecular formula is C25H27F2N7O2. The molecule has 0 aliphatic carbocycles. The molecule has 0 aliphatic heterocycles. The van der Waals surface area contributed by atoms with Crippen LogP contribution in [0, 0.1) is 17.6 Å². The third-order valence-corrected chi connectivity index (χ3v) is 6.11. The van der Waals surface area contributed by atoms with E-state index in [0.29, 0.717) is 12.1 Å². The van der Waals surface area contributed by atoms with Crippen molar-refractivity contribution < 1.29 is 13.9 Å². The molecule has 2 aromatic heterocycles. The van der Waals surface area contributed by atoms with Gasteiger partial charge in [0.2, 0.25) is 0 Å². The first kappa shape index (κ1) is 25.1. The molecule has 0 bridgehead atoms. The molecule has 0 unspecified atom stereocenters. The Morgan fingerprint density at radius 3 is 2.44 bits per heavy atom. The molecular weight excluding hydrogens is 468 g/mol. The summed E-state index contributed by atoms with van der Waals surface area (Å²) < 4.78 is 32.1. The van der Waals surface area contributed by atoms with Crippen LogP contribution in [0.3, 0.4) is 0 Å². The second-order valence-corrected chi connectivity index (χ2v) is 8.98. The Balaban J connectivity index is 1.51. The standard InChI is InChI=1S/C25H27F2N7O2/c1-17(2)33-24(35)34(31-30-33)21-10-7-19(8-11-21)6-4-5-18(3)25(36,14-32-16-28-15-29-32)22-12-9-20(26)13-23(22)27/h4,6-13,15-18,36H,5,14H2,1-3H3/b6-4+/t18-,25+/m0/s1. The van der Waals surface area contributed by atoms with Crippen molar-refractivity contribution in [2.45, 2.75) is 45.4 Å². The topological polar surface area (TPSA) is 104 Å². The summed E-state index contributed by atoms with van der Waals surface area (Å²) in [6.07, 6.45) is 6.89. The van der Waals surface area contributed by atoms with E-state index in [2.05, 4.69) is 20.5 Å². The summed E-state index contributed by atoms with van der Waals surface area (Å²) in [7, 11) is 0. The molecule has 0 saturated heterocycles. The quantitative estimate of drug-likeness (QED) is 0.381. The molecule has 0 spiro atoms. The number of allylic oxidation sites excluding steroid dienone is 1. The summed E-state index contributed by atoms with van der Waals surface area (Å²) in [4.78, 5) is 16.3. The highest BCUT2D eigenvalue weighted by atomic mass is 19.1. The maximum absolute atomic E-state index is 14.7. The predicted octanol–water partition coefficient (Wildman–Crippen LogP) is 3.51. The van der Waals surface area contributed by atoms with E-state index in [4.69, 9.17) is 0 Å². The second kappa shape index (κ2) is 10.3. The zero-order valence-corrected chi connectivity index (χ0v) is 20.2. The number of rotatable bonds is 9. The summed E-state index contributed by atoms with van der Waals surface area (Å²) in [5.41, 5.74) is -0.538. The number of aliphatic hydroxyl groups is 1. The van der Waals surface area contributed by atoms with Crippen LogP contribution in [0.15, 0.2) is 66.0 Å². The van der Waals surface area contributed by atoms with Crippen LogP contribution in [0.25, 0.3) is 11.8 Å². The number of nitrogens with zero attached hydrogens (tertiary/aromatic N) is 7. The Hall–Kier alpha value is -3.99. The van der Waals surface area contributed by atoms with Crippen LogP contribution in [-0.2, 0) is 12.1 Å². The fraction of sp³-hybridized carbons (Fsp3) is 0.320. The van der Waals surface area contributed by atoms with Crippen LogP contribution in [0.5, 0.6) is 0 Å². The maximum atomic E-state index is 14.7. The summed E-state index contributed by atoms with van der Waals surface area (Å²) in [5, 5.41) is 23.4. The highest BCUT2D eigenvalue weighted by Crippen LogP contribution is 2.35. The number of tetrazole rings is 1. The molecule has 0 aliphatic rings. The summed E-state index contributed by atoms with van der Waals surface area (Å²) >= 11 is 0. The second-order valence-electron chi connectivity index (χ2n) is 8.98. The zero-order chi connectivity index (χ0) is 25.9. The summed E-state index contributed by atoms with van der Waals surface area (Å²) in [6, 6.07) is 10.2. The summed E-state index contributed by atoms with van der Waals surface area (Å²) in [5.74, 6) is -2.00. The Morgan fingerprint density at radius 2 is 1.83 bits per heavy atom. The van der Waals surface area contributed by atoms with Gasteiger partial charge in [-0.3, -0.25) is 0 Å². The molecule has 2 atom stereocenters. The fourth-order valence-corrected chi connectivity index (χ4v) is 3.98. The first-order chi connectivity index (χ1) is 17.2. The third kappa shape index (κ3) is 5.15. The maximum Gasteiger partial charge on any atom is 0.368 e. The van der Waals surface area contributed by atoms with Crippen molar-refractivity contribution in [3.05, 3.63) is 94.4 Å². The number of hydrogen-bond acceptors (Lipinski definition) is 6. The van der Waals surface area contributed by atoms with Crippen molar-refractivity contribution in [3.8, 4) is 5.69 Å². The molecule has 0 radical (unpaired) electrons. The van der Waals surface area contributed by atoms with E-state index >= 15 is 0 Å². The van der Waals surface area contributed by atoms with E-state index in [0.717, 1.165) is 17.7 Å². The van der Waals surface area contributed by atoms with Gasteiger partial charge >= 0.3 is 5.69 Å². The zero-order valence-electron chi connectivity index (χ0n) is 20.2. The van der Waals surface area contributed by atoms with E-state index in [1.165, 1.54) is 32.8 Å². The van der Waals surface area contributed by atoms with Crippen LogP contribution >= 0.6 is 0 Å². The van der Waals surface area contributed by atoms with Gasteiger partial charge in [-0.15, -0.1) is 0 Å². The van der Waals surface area contributed by atoms with Gasteiger partial charge in [0.15, 0.2) is 0 Å². The lowest BCUT2D eigenvalue weighted by atomic mass is 9.80. The molecule has 9 nitrogen and oxygen atoms in total. The van der Waals surface area contributed by atoms with Gasteiger partial charge in [-0.1, -0.05) is 37.3 Å². The van der Waals surface area contributed by atoms with Gasteiger partial charge in [-0.25, -0.2) is 23.2 Å². The molecule has 2 aromatic carbocycles. The highest BCUT2D eigenvalue weighted by molar-refractivity contribution is 5.51. The Labute approximate surface area is 206 Å². The van der Waals surface area contributed by atoms with E-state index in [9.17, 15) is 18.7 Å². The van der Waals surface area contributed by atoms with E-state index < -0.39 is 23.2 Å². The molecule has 4 aromatic rings. The van der Waals surface area contributed by atoms with Crippen LogP contribution in [0.1, 0.15) is 44.4 Å². The minimum atomic E-state index is -1.66. The molecule has 1 N–H and O–H groups in total. The van der Waals surface area contributed by atoms with Crippen molar-refractivity contribution >= 4 is 6.08 Å². The molecule has 4 rings (SSSR count). The first-order valence-corrected chi connectivity index (χ1v) is 11.5. The van der Waals surface area contributed by atoms with Gasteiger partial charge in [0.25, 0.3) is 0 Å². The largest absolute Gasteiger partial charge is 0.383 e. The van der Waals surface area contributed by atoms with Gasteiger partial charge in [0.1, 0.15) is 29.9 Å². The highest BCUT2D eigenvalue weighted by Gasteiger charge is 2.38. The van der Waals surface area contributed by atoms with Gasteiger partial charge in [-0.2, -0.15) is 14.5 Å². The molecule has 188 valence electrons. The minimum absolute atomic E-state index is 0.00969. The van der Waals surface area contributed by atoms with E-state index in [-0.39, 0.29) is 23.8 Å². The summed E-state index contributed by atoms with van der Waals surface area (Å²) in [6.45, 7) is 5.45. The average molecular weight is 496 g/mol. The lowest BCUT2D eigenvalue weighted by Crippen LogP contribution is -2.39. The van der Waals surface area contributed by atoms with Crippen molar-refractivity contribution in [2.24, 2.45) is 5.92 Å². The van der Waals surface area contributed by atoms with Crippen LogP contribution in [0.4, 0.5) is 8.78 Å². The van der Waals surface area contributed by atoms with E-state index in [1.807, 2.05) is 38.1 Å². The predicted molar refractivity (Wildman–Crippen MR) is 129 cm³/mol. The van der Waals surface area contributed by atoms with Crippen LogP contribution < -0.4 is 5.69 Å². The van der Waals surface area contributed by atoms with Crippen molar-refractivity contribution in [3.63, 3.8) is 0 Å². The fourth-order valence-electron chi connectivity index (χ4n) is 3.98. The lowest BCUT2D eigenvalue weighted by Gasteiger charge is -2.34. The van der Waals surface area contributed by atoms with Crippen LogP contribution in [0.2, 0.25) is 0 Å². The molecule has 0 fully saturated rings.